The van der Waals surface area contributed by atoms with Crippen LogP contribution in [0.3, 0.4) is 0 Å². The Bertz CT molecular complexity index is 1070. The third-order valence-electron chi connectivity index (χ3n) is 4.27. The van der Waals surface area contributed by atoms with Gasteiger partial charge in [-0.25, -0.2) is 0 Å². The van der Waals surface area contributed by atoms with Crippen LogP contribution in [0.5, 0.6) is 11.5 Å². The maximum absolute atomic E-state index is 12.3. The molecule has 3 aromatic rings. The zero-order chi connectivity index (χ0) is 21.8. The highest BCUT2D eigenvalue weighted by molar-refractivity contribution is 6.31. The average Bonchev–Trinajstić information content (AvgIpc) is 2.96. The first-order chi connectivity index (χ1) is 14.2. The molecule has 0 aliphatic carbocycles. The van der Waals surface area contributed by atoms with Gasteiger partial charge >= 0.3 is 0 Å². The number of carbonyl (C=O) groups excluding carboxylic acids is 1. The van der Waals surface area contributed by atoms with Gasteiger partial charge in [-0.1, -0.05) is 17.7 Å². The Kier molecular flexibility index (Phi) is 6.37. The summed E-state index contributed by atoms with van der Waals surface area (Å²) in [6.45, 7) is 5.99. The van der Waals surface area contributed by atoms with Gasteiger partial charge in [0.2, 0.25) is 5.91 Å². The molecule has 156 valence electrons. The lowest BCUT2D eigenvalue weighted by Gasteiger charge is -2.11. The molecule has 0 aliphatic rings. The molecule has 2 aromatic carbocycles. The van der Waals surface area contributed by atoms with Gasteiger partial charge in [0.1, 0.15) is 11.5 Å². The number of anilines is 1. The Morgan fingerprint density at radius 2 is 1.80 bits per heavy atom. The van der Waals surface area contributed by atoms with Crippen molar-refractivity contribution < 1.29 is 14.5 Å². The van der Waals surface area contributed by atoms with Crippen LogP contribution in [0.4, 0.5) is 11.4 Å². The summed E-state index contributed by atoms with van der Waals surface area (Å²) >= 11 is 5.96. The number of rotatable bonds is 7. The van der Waals surface area contributed by atoms with Gasteiger partial charge in [-0.05, 0) is 44.0 Å². The van der Waals surface area contributed by atoms with Crippen LogP contribution in [0.15, 0.2) is 42.6 Å². The van der Waals surface area contributed by atoms with E-state index in [9.17, 15) is 14.9 Å². The van der Waals surface area contributed by atoms with Crippen LogP contribution in [0.2, 0.25) is 5.02 Å². The fourth-order valence-corrected chi connectivity index (χ4v) is 3.15. The first-order valence-electron chi connectivity index (χ1n) is 9.24. The van der Waals surface area contributed by atoms with E-state index in [-0.39, 0.29) is 29.5 Å². The largest absolute Gasteiger partial charge is 0.457 e. The minimum atomic E-state index is -0.529. The van der Waals surface area contributed by atoms with E-state index in [1.54, 1.807) is 23.9 Å². The van der Waals surface area contributed by atoms with E-state index in [0.717, 1.165) is 11.1 Å². The quantitative estimate of drug-likeness (QED) is 0.412. The van der Waals surface area contributed by atoms with Gasteiger partial charge in [0, 0.05) is 31.3 Å². The summed E-state index contributed by atoms with van der Waals surface area (Å²) < 4.78 is 7.40. The summed E-state index contributed by atoms with van der Waals surface area (Å²) in [5, 5.41) is 18.7. The minimum absolute atomic E-state index is 0.132. The first-order valence-corrected chi connectivity index (χ1v) is 9.62. The molecule has 1 aromatic heterocycles. The summed E-state index contributed by atoms with van der Waals surface area (Å²) in [4.78, 5) is 23.1. The molecule has 0 spiro atoms. The number of carbonyl (C=O) groups is 1. The highest BCUT2D eigenvalue weighted by Crippen LogP contribution is 2.30. The number of nitro groups is 1. The molecule has 0 atom stereocenters. The fourth-order valence-electron chi connectivity index (χ4n) is 3.00. The Morgan fingerprint density at radius 3 is 2.40 bits per heavy atom. The SMILES string of the molecule is Cc1cc(C)cc(Oc2cc(NC(=O)CCn3cc(Cl)c(C)n3)cc([N+](=O)[O-])c2)c1. The zero-order valence-electron chi connectivity index (χ0n) is 16.8. The highest BCUT2D eigenvalue weighted by Gasteiger charge is 2.14. The molecule has 0 bridgehead atoms. The Labute approximate surface area is 178 Å². The lowest BCUT2D eigenvalue weighted by Crippen LogP contribution is -2.15. The predicted octanol–water partition coefficient (Wildman–Crippen LogP) is 5.19. The van der Waals surface area contributed by atoms with Crippen LogP contribution in [0, 0.1) is 30.9 Å². The molecule has 0 unspecified atom stereocenters. The molecule has 0 aliphatic heterocycles. The zero-order valence-corrected chi connectivity index (χ0v) is 17.6. The molecule has 0 saturated heterocycles. The van der Waals surface area contributed by atoms with Crippen LogP contribution in [0.25, 0.3) is 0 Å². The molecule has 0 radical (unpaired) electrons. The summed E-state index contributed by atoms with van der Waals surface area (Å²) in [5.74, 6) is 0.521. The van der Waals surface area contributed by atoms with Gasteiger partial charge < -0.3 is 10.1 Å². The number of benzene rings is 2. The number of halogens is 1. The van der Waals surface area contributed by atoms with E-state index in [1.165, 1.54) is 12.1 Å². The monoisotopic (exact) mass is 428 g/mol. The van der Waals surface area contributed by atoms with Crippen molar-refractivity contribution in [3.63, 3.8) is 0 Å². The number of hydrogen-bond acceptors (Lipinski definition) is 5. The van der Waals surface area contributed by atoms with Crippen LogP contribution >= 0.6 is 11.6 Å². The molecule has 1 N–H and O–H groups in total. The third-order valence-corrected chi connectivity index (χ3v) is 4.64. The number of aromatic nitrogens is 2. The van der Waals surface area contributed by atoms with Gasteiger partial charge in [-0.3, -0.25) is 19.6 Å². The smallest absolute Gasteiger partial charge is 0.275 e. The summed E-state index contributed by atoms with van der Waals surface area (Å²) in [5.41, 5.74) is 2.81. The number of nitrogens with one attached hydrogen (secondary N) is 1. The molecule has 30 heavy (non-hydrogen) atoms. The lowest BCUT2D eigenvalue weighted by molar-refractivity contribution is -0.384. The number of nitrogens with zero attached hydrogens (tertiary/aromatic N) is 3. The van der Waals surface area contributed by atoms with Gasteiger partial charge in [0.05, 0.1) is 27.4 Å². The van der Waals surface area contributed by atoms with E-state index in [2.05, 4.69) is 10.4 Å². The van der Waals surface area contributed by atoms with Crippen LogP contribution in [-0.2, 0) is 11.3 Å². The maximum Gasteiger partial charge on any atom is 0.275 e. The van der Waals surface area contributed by atoms with E-state index >= 15 is 0 Å². The highest BCUT2D eigenvalue weighted by atomic mass is 35.5. The standard InChI is InChI=1S/C21H21ClN4O4/c1-13-6-14(2)8-18(7-13)30-19-10-16(9-17(11-19)26(28)29)23-21(27)4-5-25-12-20(22)15(3)24-25/h6-12H,4-5H2,1-3H3,(H,23,27). The van der Waals surface area contributed by atoms with Crippen LogP contribution in [-0.4, -0.2) is 20.6 Å². The molecule has 1 heterocycles. The first kappa shape index (κ1) is 21.3. The fraction of sp³-hybridized carbons (Fsp3) is 0.238. The molecule has 8 nitrogen and oxygen atoms in total. The number of nitro benzene ring substituents is 1. The van der Waals surface area contributed by atoms with Crippen molar-refractivity contribution in [3.8, 4) is 11.5 Å². The van der Waals surface area contributed by atoms with Crippen molar-refractivity contribution in [2.45, 2.75) is 33.7 Å². The van der Waals surface area contributed by atoms with Gasteiger partial charge in [-0.15, -0.1) is 0 Å². The number of non-ortho nitro benzene ring substituents is 1. The topological polar surface area (TPSA) is 99.3 Å². The van der Waals surface area contributed by atoms with Crippen molar-refractivity contribution in [1.82, 2.24) is 9.78 Å². The molecule has 3 rings (SSSR count). The Balaban J connectivity index is 1.74. The second-order valence-electron chi connectivity index (χ2n) is 7.02. The van der Waals surface area contributed by atoms with Crippen molar-refractivity contribution >= 4 is 28.9 Å². The van der Waals surface area contributed by atoms with Crippen molar-refractivity contribution in [1.29, 1.82) is 0 Å². The van der Waals surface area contributed by atoms with E-state index in [4.69, 9.17) is 16.3 Å². The molecule has 0 saturated carbocycles. The van der Waals surface area contributed by atoms with E-state index in [0.29, 0.717) is 23.0 Å². The van der Waals surface area contributed by atoms with Crippen LogP contribution < -0.4 is 10.1 Å². The van der Waals surface area contributed by atoms with Crippen molar-refractivity contribution in [3.05, 3.63) is 74.6 Å². The minimum Gasteiger partial charge on any atom is -0.457 e. The van der Waals surface area contributed by atoms with E-state index in [1.807, 2.05) is 32.0 Å². The van der Waals surface area contributed by atoms with Gasteiger partial charge in [-0.2, -0.15) is 5.10 Å². The van der Waals surface area contributed by atoms with Gasteiger partial charge in [0.25, 0.3) is 5.69 Å². The second-order valence-corrected chi connectivity index (χ2v) is 7.43. The molecule has 0 fully saturated rings. The third kappa shape index (κ3) is 5.57. The predicted molar refractivity (Wildman–Crippen MR) is 114 cm³/mol. The molecular formula is C21H21ClN4O4. The Hall–Kier alpha value is -3.39. The molecule has 1 amide bonds. The number of ether oxygens (including phenoxy) is 1. The molecular weight excluding hydrogens is 408 g/mol. The summed E-state index contributed by atoms with van der Waals surface area (Å²) in [6, 6.07) is 9.84. The number of hydrogen-bond donors (Lipinski definition) is 1. The van der Waals surface area contributed by atoms with Gasteiger partial charge in [0.15, 0.2) is 0 Å². The van der Waals surface area contributed by atoms with E-state index < -0.39 is 4.92 Å². The number of amides is 1. The summed E-state index contributed by atoms with van der Waals surface area (Å²) in [6.07, 6.45) is 1.78. The molecule has 9 heteroatoms. The lowest BCUT2D eigenvalue weighted by atomic mass is 10.1. The van der Waals surface area contributed by atoms with Crippen molar-refractivity contribution in [2.75, 3.05) is 5.32 Å². The van der Waals surface area contributed by atoms with Crippen LogP contribution in [0.1, 0.15) is 23.2 Å². The second kappa shape index (κ2) is 8.96. The Morgan fingerprint density at radius 1 is 1.13 bits per heavy atom. The average molecular weight is 429 g/mol. The number of aryl methyl sites for hydroxylation is 4. The normalized spacial score (nSPS) is 10.7. The van der Waals surface area contributed by atoms with Crippen molar-refractivity contribution in [2.24, 2.45) is 0 Å². The summed E-state index contributed by atoms with van der Waals surface area (Å²) in [7, 11) is 0. The maximum atomic E-state index is 12.3.